The highest BCUT2D eigenvalue weighted by atomic mass is 16.2. The molecule has 2 aromatic rings. The Morgan fingerprint density at radius 3 is 3.06 bits per heavy atom. The van der Waals surface area contributed by atoms with Crippen molar-refractivity contribution in [3.05, 3.63) is 29.6 Å². The fourth-order valence-corrected chi connectivity index (χ4v) is 1.80. The second-order valence-electron chi connectivity index (χ2n) is 3.97. The summed E-state index contributed by atoms with van der Waals surface area (Å²) in [6, 6.07) is 6.03. The molecule has 5 nitrogen and oxygen atoms in total. The second kappa shape index (κ2) is 4.97. The standard InChI is InChI=1S/C12H16N4O/c1-8-14-10-5-3-9(7-11(10)15-8)4-6-12(17)16-13-2/h3,5,7,13H,4,6H2,1-2H3,(H,14,15)(H,16,17). The summed E-state index contributed by atoms with van der Waals surface area (Å²) < 4.78 is 0. The van der Waals surface area contributed by atoms with Crippen LogP contribution in [-0.4, -0.2) is 22.9 Å². The summed E-state index contributed by atoms with van der Waals surface area (Å²) in [5.41, 5.74) is 8.29. The van der Waals surface area contributed by atoms with Crippen molar-refractivity contribution in [2.24, 2.45) is 0 Å². The number of hydrogen-bond acceptors (Lipinski definition) is 3. The van der Waals surface area contributed by atoms with Gasteiger partial charge in [-0.15, -0.1) is 0 Å². The highest BCUT2D eigenvalue weighted by Crippen LogP contribution is 2.14. The minimum atomic E-state index is -0.00612. The van der Waals surface area contributed by atoms with Crippen LogP contribution in [0.5, 0.6) is 0 Å². The van der Waals surface area contributed by atoms with Gasteiger partial charge in [-0.3, -0.25) is 10.2 Å². The first-order valence-corrected chi connectivity index (χ1v) is 5.60. The number of aryl methyl sites for hydroxylation is 2. The molecule has 1 aromatic carbocycles. The SMILES string of the molecule is CNNC(=O)CCc1ccc2nc(C)[nH]c2c1. The lowest BCUT2D eigenvalue weighted by Crippen LogP contribution is -2.34. The summed E-state index contributed by atoms with van der Waals surface area (Å²) >= 11 is 0. The summed E-state index contributed by atoms with van der Waals surface area (Å²) in [6.07, 6.45) is 1.20. The van der Waals surface area contributed by atoms with Gasteiger partial charge >= 0.3 is 0 Å². The molecule has 0 atom stereocenters. The smallest absolute Gasteiger partial charge is 0.234 e. The van der Waals surface area contributed by atoms with Crippen molar-refractivity contribution >= 4 is 16.9 Å². The maximum atomic E-state index is 11.3. The first-order valence-electron chi connectivity index (χ1n) is 5.60. The zero-order valence-corrected chi connectivity index (χ0v) is 10.0. The van der Waals surface area contributed by atoms with Gasteiger partial charge in [0, 0.05) is 13.5 Å². The predicted molar refractivity (Wildman–Crippen MR) is 66.4 cm³/mol. The highest BCUT2D eigenvalue weighted by molar-refractivity contribution is 5.77. The van der Waals surface area contributed by atoms with Crippen molar-refractivity contribution in [2.75, 3.05) is 7.05 Å². The van der Waals surface area contributed by atoms with E-state index in [1.165, 1.54) is 0 Å². The van der Waals surface area contributed by atoms with Crippen LogP contribution in [0.4, 0.5) is 0 Å². The average Bonchev–Trinajstić information content (AvgIpc) is 2.66. The number of nitrogens with zero attached hydrogens (tertiary/aromatic N) is 1. The van der Waals surface area contributed by atoms with Gasteiger partial charge in [-0.2, -0.15) is 0 Å². The van der Waals surface area contributed by atoms with Crippen LogP contribution in [0.15, 0.2) is 18.2 Å². The van der Waals surface area contributed by atoms with Gasteiger partial charge in [0.2, 0.25) is 5.91 Å². The van der Waals surface area contributed by atoms with Crippen molar-refractivity contribution in [1.29, 1.82) is 0 Å². The quantitative estimate of drug-likeness (QED) is 0.690. The third-order valence-electron chi connectivity index (χ3n) is 2.57. The lowest BCUT2D eigenvalue weighted by atomic mass is 10.1. The Morgan fingerprint density at radius 1 is 1.47 bits per heavy atom. The van der Waals surface area contributed by atoms with E-state index in [0.717, 1.165) is 28.8 Å². The number of hydrazine groups is 1. The molecule has 0 aliphatic heterocycles. The molecular formula is C12H16N4O. The normalized spacial score (nSPS) is 10.7. The van der Waals surface area contributed by atoms with E-state index in [2.05, 4.69) is 20.8 Å². The number of fused-ring (bicyclic) bond motifs is 1. The molecule has 0 radical (unpaired) electrons. The van der Waals surface area contributed by atoms with Gasteiger partial charge in [0.15, 0.2) is 0 Å². The summed E-state index contributed by atoms with van der Waals surface area (Å²) in [5, 5.41) is 0. The van der Waals surface area contributed by atoms with Gasteiger partial charge in [-0.05, 0) is 31.0 Å². The van der Waals surface area contributed by atoms with E-state index in [1.54, 1.807) is 7.05 Å². The molecule has 0 saturated heterocycles. The van der Waals surface area contributed by atoms with Gasteiger partial charge in [-0.25, -0.2) is 10.4 Å². The third kappa shape index (κ3) is 2.82. The number of rotatable bonds is 4. The number of amides is 1. The van der Waals surface area contributed by atoms with Gasteiger partial charge in [-0.1, -0.05) is 6.07 Å². The van der Waals surface area contributed by atoms with Gasteiger partial charge < -0.3 is 4.98 Å². The van der Waals surface area contributed by atoms with Gasteiger partial charge in [0.05, 0.1) is 11.0 Å². The number of carbonyl (C=O) groups excluding carboxylic acids is 1. The van der Waals surface area contributed by atoms with Crippen LogP contribution in [0.2, 0.25) is 0 Å². The summed E-state index contributed by atoms with van der Waals surface area (Å²) in [7, 11) is 1.68. The Balaban J connectivity index is 2.06. The Morgan fingerprint density at radius 2 is 2.29 bits per heavy atom. The number of aromatic nitrogens is 2. The van der Waals surface area contributed by atoms with Crippen LogP contribution >= 0.6 is 0 Å². The predicted octanol–water partition coefficient (Wildman–Crippen LogP) is 1.05. The molecule has 0 aliphatic rings. The number of aromatic amines is 1. The minimum absolute atomic E-state index is 0.00612. The molecule has 1 aromatic heterocycles. The zero-order chi connectivity index (χ0) is 12.3. The van der Waals surface area contributed by atoms with Crippen LogP contribution in [0.25, 0.3) is 11.0 Å². The number of nitrogens with one attached hydrogen (secondary N) is 3. The molecule has 0 bridgehead atoms. The first kappa shape index (κ1) is 11.6. The zero-order valence-electron chi connectivity index (χ0n) is 10.0. The van der Waals surface area contributed by atoms with Crippen LogP contribution in [0.3, 0.4) is 0 Å². The third-order valence-corrected chi connectivity index (χ3v) is 2.57. The van der Waals surface area contributed by atoms with Crippen molar-refractivity contribution in [3.8, 4) is 0 Å². The van der Waals surface area contributed by atoms with Crippen molar-refractivity contribution < 1.29 is 4.79 Å². The monoisotopic (exact) mass is 232 g/mol. The van der Waals surface area contributed by atoms with Crippen LogP contribution < -0.4 is 10.9 Å². The van der Waals surface area contributed by atoms with Crippen LogP contribution in [-0.2, 0) is 11.2 Å². The van der Waals surface area contributed by atoms with E-state index in [4.69, 9.17) is 0 Å². The second-order valence-corrected chi connectivity index (χ2v) is 3.97. The molecule has 5 heteroatoms. The summed E-state index contributed by atoms with van der Waals surface area (Å²) in [4.78, 5) is 18.8. The van der Waals surface area contributed by atoms with Crippen molar-refractivity contribution in [1.82, 2.24) is 20.8 Å². The topological polar surface area (TPSA) is 69.8 Å². The highest BCUT2D eigenvalue weighted by Gasteiger charge is 2.03. The van der Waals surface area contributed by atoms with Crippen LogP contribution in [0, 0.1) is 6.92 Å². The van der Waals surface area contributed by atoms with E-state index in [0.29, 0.717) is 6.42 Å². The van der Waals surface area contributed by atoms with Crippen LogP contribution in [0.1, 0.15) is 17.8 Å². The van der Waals surface area contributed by atoms with E-state index in [9.17, 15) is 4.79 Å². The Bertz CT molecular complexity index is 532. The molecule has 0 unspecified atom stereocenters. The minimum Gasteiger partial charge on any atom is -0.342 e. The summed E-state index contributed by atoms with van der Waals surface area (Å²) in [5.74, 6) is 0.901. The molecule has 1 amide bonds. The molecule has 3 N–H and O–H groups in total. The lowest BCUT2D eigenvalue weighted by molar-refractivity contribution is -0.121. The molecule has 90 valence electrons. The molecule has 17 heavy (non-hydrogen) atoms. The van der Waals surface area contributed by atoms with Crippen molar-refractivity contribution in [3.63, 3.8) is 0 Å². The number of imidazole rings is 1. The molecule has 0 aliphatic carbocycles. The fraction of sp³-hybridized carbons (Fsp3) is 0.333. The largest absolute Gasteiger partial charge is 0.342 e. The number of hydrogen-bond donors (Lipinski definition) is 3. The molecule has 2 rings (SSSR count). The molecule has 0 spiro atoms. The van der Waals surface area contributed by atoms with E-state index in [1.807, 2.05) is 25.1 Å². The van der Waals surface area contributed by atoms with Crippen molar-refractivity contribution in [2.45, 2.75) is 19.8 Å². The Hall–Kier alpha value is -1.88. The number of carbonyl (C=O) groups is 1. The van der Waals surface area contributed by atoms with E-state index < -0.39 is 0 Å². The van der Waals surface area contributed by atoms with E-state index >= 15 is 0 Å². The Labute approximate surface area is 99.6 Å². The molecule has 0 fully saturated rings. The van der Waals surface area contributed by atoms with E-state index in [-0.39, 0.29) is 5.91 Å². The fourth-order valence-electron chi connectivity index (χ4n) is 1.80. The first-order chi connectivity index (χ1) is 8.19. The summed E-state index contributed by atoms with van der Waals surface area (Å²) in [6.45, 7) is 1.93. The molecule has 0 saturated carbocycles. The average molecular weight is 232 g/mol. The lowest BCUT2D eigenvalue weighted by Gasteiger charge is -2.03. The number of benzene rings is 1. The van der Waals surface area contributed by atoms with Gasteiger partial charge in [0.1, 0.15) is 5.82 Å². The van der Waals surface area contributed by atoms with Gasteiger partial charge in [0.25, 0.3) is 0 Å². The Kier molecular flexibility index (Phi) is 3.39. The molecular weight excluding hydrogens is 216 g/mol. The maximum absolute atomic E-state index is 11.3. The molecule has 1 heterocycles. The maximum Gasteiger partial charge on any atom is 0.234 e. The number of H-pyrrole nitrogens is 1.